The molecule has 0 bridgehead atoms. The Morgan fingerprint density at radius 2 is 1.65 bits per heavy atom. The monoisotopic (exact) mass is 487 g/mol. The lowest BCUT2D eigenvalue weighted by Crippen LogP contribution is -2.21. The fraction of sp³-hybridized carbons (Fsp3) is 0.286. The number of amides is 1. The third-order valence-corrected chi connectivity index (χ3v) is 5.58. The topological polar surface area (TPSA) is 152 Å². The van der Waals surface area contributed by atoms with E-state index in [1.54, 1.807) is 32.9 Å². The second-order valence-electron chi connectivity index (χ2n) is 6.63. The van der Waals surface area contributed by atoms with Crippen molar-refractivity contribution in [2.24, 2.45) is 0 Å². The van der Waals surface area contributed by atoms with Crippen LogP contribution in [0.2, 0.25) is 0 Å². The molecule has 0 aliphatic carbocycles. The molecule has 3 aromatic rings. The summed E-state index contributed by atoms with van der Waals surface area (Å²) in [5.74, 6) is -2.73. The molecule has 0 saturated carbocycles. The molecule has 1 aromatic carbocycles. The Bertz CT molecular complexity index is 1190. The Kier molecular flexibility index (Phi) is 8.03. The van der Waals surface area contributed by atoms with Gasteiger partial charge in [0, 0.05) is 0 Å². The van der Waals surface area contributed by atoms with E-state index in [0.717, 1.165) is 11.3 Å². The summed E-state index contributed by atoms with van der Waals surface area (Å²) >= 11 is 0.881. The van der Waals surface area contributed by atoms with Gasteiger partial charge in [0.05, 0.1) is 30.0 Å². The van der Waals surface area contributed by atoms with Crippen LogP contribution in [0.5, 0.6) is 0 Å². The van der Waals surface area contributed by atoms with Gasteiger partial charge in [-0.1, -0.05) is 0 Å². The molecule has 3 rings (SSSR count). The van der Waals surface area contributed by atoms with Crippen LogP contribution in [0.3, 0.4) is 0 Å². The minimum Gasteiger partial charge on any atom is -0.462 e. The largest absolute Gasteiger partial charge is 0.462 e. The highest BCUT2D eigenvalue weighted by molar-refractivity contribution is 7.18. The standard InChI is InChI=1S/C21H21N5O7S/c1-4-31-20(29)16-12(3)17(21(30)32-5-2)34-18(16)23-15(27)10-33-19(28)13-6-8-14(9-7-13)26-11-22-24-25-26/h6-9,11H,4-5,10H2,1-3H3,(H,23,27). The number of tetrazole rings is 1. The molecule has 0 atom stereocenters. The third kappa shape index (κ3) is 5.61. The minimum absolute atomic E-state index is 0.0489. The summed E-state index contributed by atoms with van der Waals surface area (Å²) in [6.07, 6.45) is 1.40. The van der Waals surface area contributed by atoms with Gasteiger partial charge < -0.3 is 19.5 Å². The van der Waals surface area contributed by atoms with Gasteiger partial charge in [0.2, 0.25) is 0 Å². The van der Waals surface area contributed by atoms with Gasteiger partial charge >= 0.3 is 17.9 Å². The van der Waals surface area contributed by atoms with Crippen molar-refractivity contribution in [2.45, 2.75) is 20.8 Å². The van der Waals surface area contributed by atoms with E-state index in [9.17, 15) is 19.2 Å². The highest BCUT2D eigenvalue weighted by Crippen LogP contribution is 2.34. The van der Waals surface area contributed by atoms with Crippen LogP contribution < -0.4 is 5.32 Å². The van der Waals surface area contributed by atoms with E-state index in [4.69, 9.17) is 14.2 Å². The SMILES string of the molecule is CCOC(=O)c1sc(NC(=O)COC(=O)c2ccc(-n3cnnn3)cc2)c(C(=O)OCC)c1C. The molecule has 1 amide bonds. The molecule has 1 N–H and O–H groups in total. The molecule has 2 heterocycles. The van der Waals surface area contributed by atoms with Crippen LogP contribution in [0.15, 0.2) is 30.6 Å². The van der Waals surface area contributed by atoms with Gasteiger partial charge in [0.25, 0.3) is 5.91 Å². The lowest BCUT2D eigenvalue weighted by Gasteiger charge is -2.08. The van der Waals surface area contributed by atoms with Gasteiger partial charge in [-0.25, -0.2) is 19.1 Å². The van der Waals surface area contributed by atoms with Crippen molar-refractivity contribution < 1.29 is 33.4 Å². The number of rotatable bonds is 9. The maximum Gasteiger partial charge on any atom is 0.348 e. The first-order chi connectivity index (χ1) is 16.3. The molecule has 12 nitrogen and oxygen atoms in total. The molecular weight excluding hydrogens is 466 g/mol. The molecule has 0 radical (unpaired) electrons. The van der Waals surface area contributed by atoms with Crippen LogP contribution >= 0.6 is 11.3 Å². The molecular formula is C21H21N5O7S. The highest BCUT2D eigenvalue weighted by Gasteiger charge is 2.27. The van der Waals surface area contributed by atoms with E-state index < -0.39 is 30.4 Å². The van der Waals surface area contributed by atoms with Crippen molar-refractivity contribution in [1.29, 1.82) is 0 Å². The number of benzene rings is 1. The van der Waals surface area contributed by atoms with Crippen molar-refractivity contribution in [3.63, 3.8) is 0 Å². The summed E-state index contributed by atoms with van der Waals surface area (Å²) in [5, 5.41) is 13.4. The number of thiophene rings is 1. The molecule has 34 heavy (non-hydrogen) atoms. The quantitative estimate of drug-likeness (QED) is 0.351. The Hall–Kier alpha value is -4.13. The zero-order chi connectivity index (χ0) is 24.7. The van der Waals surface area contributed by atoms with Crippen molar-refractivity contribution in [1.82, 2.24) is 20.2 Å². The Labute approximate surface area is 197 Å². The van der Waals surface area contributed by atoms with E-state index in [1.165, 1.54) is 23.1 Å². The average Bonchev–Trinajstić information content (AvgIpc) is 3.46. The summed E-state index contributed by atoms with van der Waals surface area (Å²) in [7, 11) is 0. The van der Waals surface area contributed by atoms with Crippen molar-refractivity contribution in [2.75, 3.05) is 25.1 Å². The lowest BCUT2D eigenvalue weighted by atomic mass is 10.1. The second kappa shape index (κ2) is 11.1. The number of ether oxygens (including phenoxy) is 3. The van der Waals surface area contributed by atoms with E-state index in [1.807, 2.05) is 0 Å². The number of anilines is 1. The smallest absolute Gasteiger partial charge is 0.348 e. The maximum absolute atomic E-state index is 12.4. The number of esters is 3. The van der Waals surface area contributed by atoms with Gasteiger partial charge in [-0.15, -0.1) is 16.4 Å². The van der Waals surface area contributed by atoms with Crippen molar-refractivity contribution >= 4 is 40.2 Å². The average molecular weight is 487 g/mol. The molecule has 178 valence electrons. The third-order valence-electron chi connectivity index (χ3n) is 4.39. The van der Waals surface area contributed by atoms with E-state index in [0.29, 0.717) is 11.3 Å². The van der Waals surface area contributed by atoms with Crippen LogP contribution in [0, 0.1) is 6.92 Å². The van der Waals surface area contributed by atoms with E-state index in [-0.39, 0.29) is 34.2 Å². The van der Waals surface area contributed by atoms with Gasteiger partial charge in [0.1, 0.15) is 16.2 Å². The maximum atomic E-state index is 12.4. The fourth-order valence-electron chi connectivity index (χ4n) is 2.85. The first-order valence-corrected chi connectivity index (χ1v) is 10.9. The number of nitrogens with one attached hydrogen (secondary N) is 1. The summed E-state index contributed by atoms with van der Waals surface area (Å²) in [4.78, 5) is 49.5. The molecule has 0 aliphatic heterocycles. The number of aromatic nitrogens is 4. The normalized spacial score (nSPS) is 10.4. The van der Waals surface area contributed by atoms with Gasteiger partial charge in [-0.3, -0.25) is 4.79 Å². The predicted molar refractivity (Wildman–Crippen MR) is 119 cm³/mol. The Balaban J connectivity index is 1.67. The fourth-order valence-corrected chi connectivity index (χ4v) is 3.95. The summed E-state index contributed by atoms with van der Waals surface area (Å²) in [6.45, 7) is 4.51. The molecule has 0 spiro atoms. The number of carbonyl (C=O) groups excluding carboxylic acids is 4. The molecule has 13 heteroatoms. The van der Waals surface area contributed by atoms with Crippen LogP contribution in [0.25, 0.3) is 5.69 Å². The van der Waals surface area contributed by atoms with Crippen LogP contribution in [-0.2, 0) is 19.0 Å². The first-order valence-electron chi connectivity index (χ1n) is 10.1. The molecule has 0 unspecified atom stereocenters. The molecule has 0 fully saturated rings. The summed E-state index contributed by atoms with van der Waals surface area (Å²) in [6, 6.07) is 6.24. The second-order valence-corrected chi connectivity index (χ2v) is 7.65. The number of nitrogens with zero attached hydrogens (tertiary/aromatic N) is 4. The molecule has 0 saturated heterocycles. The van der Waals surface area contributed by atoms with Gasteiger partial charge in [-0.05, 0) is 61.0 Å². The number of hydrogen-bond acceptors (Lipinski definition) is 11. The summed E-state index contributed by atoms with van der Waals surface area (Å²) < 4.78 is 16.5. The zero-order valence-corrected chi connectivity index (χ0v) is 19.4. The van der Waals surface area contributed by atoms with E-state index >= 15 is 0 Å². The van der Waals surface area contributed by atoms with Gasteiger partial charge in [0.15, 0.2) is 6.61 Å². The van der Waals surface area contributed by atoms with Crippen LogP contribution in [0.1, 0.15) is 49.8 Å². The molecule has 2 aromatic heterocycles. The highest BCUT2D eigenvalue weighted by atomic mass is 32.1. The number of hydrogen-bond donors (Lipinski definition) is 1. The first kappa shape index (κ1) is 24.5. The predicted octanol–water partition coefficient (Wildman–Crippen LogP) is 2.18. The number of carbonyl (C=O) groups is 4. The minimum atomic E-state index is -0.724. The van der Waals surface area contributed by atoms with Gasteiger partial charge in [-0.2, -0.15) is 0 Å². The van der Waals surface area contributed by atoms with Crippen LogP contribution in [-0.4, -0.2) is 63.8 Å². The Morgan fingerprint density at radius 1 is 0.971 bits per heavy atom. The zero-order valence-electron chi connectivity index (χ0n) is 18.6. The summed E-state index contributed by atoms with van der Waals surface area (Å²) in [5.41, 5.74) is 1.23. The van der Waals surface area contributed by atoms with Crippen molar-refractivity contribution in [3.8, 4) is 5.69 Å². The van der Waals surface area contributed by atoms with E-state index in [2.05, 4.69) is 20.8 Å². The Morgan fingerprint density at radius 3 is 2.26 bits per heavy atom. The van der Waals surface area contributed by atoms with Crippen molar-refractivity contribution in [3.05, 3.63) is 52.2 Å². The lowest BCUT2D eigenvalue weighted by molar-refractivity contribution is -0.119. The molecule has 0 aliphatic rings. The van der Waals surface area contributed by atoms with Crippen LogP contribution in [0.4, 0.5) is 5.00 Å².